The number of hydrogen-bond donors (Lipinski definition) is 1. The highest BCUT2D eigenvalue weighted by molar-refractivity contribution is 8.00. The van der Waals surface area contributed by atoms with Crippen LogP contribution in [0.4, 0.5) is 0 Å². The Labute approximate surface area is 131 Å². The fraction of sp³-hybridized carbons (Fsp3) is 0.667. The Balaban J connectivity index is 2.42. The minimum atomic E-state index is -0.763. The van der Waals surface area contributed by atoms with E-state index in [2.05, 4.69) is 8.93 Å². The molecule has 2 heterocycles. The van der Waals surface area contributed by atoms with Crippen LogP contribution < -0.4 is 11.2 Å². The van der Waals surface area contributed by atoms with Crippen LogP contribution in [0.1, 0.15) is 13.2 Å². The van der Waals surface area contributed by atoms with Crippen LogP contribution in [-0.4, -0.2) is 45.8 Å². The van der Waals surface area contributed by atoms with Gasteiger partial charge in [-0.2, -0.15) is 0 Å². The monoisotopic (exact) mass is 350 g/mol. The maximum absolute atomic E-state index is 12.3. The van der Waals surface area contributed by atoms with Crippen molar-refractivity contribution in [3.8, 4) is 0 Å². The molecular formula is C12H20N2O6P2. The van der Waals surface area contributed by atoms with Gasteiger partial charge in [0, 0.05) is 34.4 Å². The number of aromatic nitrogens is 2. The van der Waals surface area contributed by atoms with Gasteiger partial charge in [0.1, 0.15) is 18.3 Å². The molecule has 0 amide bonds. The van der Waals surface area contributed by atoms with Gasteiger partial charge in [0.2, 0.25) is 0 Å². The largest absolute Gasteiger partial charge is 0.394 e. The van der Waals surface area contributed by atoms with Gasteiger partial charge in [0.05, 0.1) is 6.61 Å². The van der Waals surface area contributed by atoms with Gasteiger partial charge in [-0.25, -0.2) is 4.79 Å². The van der Waals surface area contributed by atoms with E-state index in [1.54, 1.807) is 0 Å². The summed E-state index contributed by atoms with van der Waals surface area (Å²) in [7, 11) is 3.94. The van der Waals surface area contributed by atoms with Gasteiger partial charge < -0.3 is 19.1 Å². The van der Waals surface area contributed by atoms with Crippen molar-refractivity contribution in [2.24, 2.45) is 7.05 Å². The lowest BCUT2D eigenvalue weighted by molar-refractivity contribution is -0.0607. The van der Waals surface area contributed by atoms with Crippen LogP contribution in [0.2, 0.25) is 0 Å². The molecule has 1 N–H and O–H groups in total. The second kappa shape index (κ2) is 7.77. The lowest BCUT2D eigenvalue weighted by Crippen LogP contribution is -2.42. The van der Waals surface area contributed by atoms with Gasteiger partial charge in [0.25, 0.3) is 5.56 Å². The molecule has 0 aromatic carbocycles. The molecule has 3 unspecified atom stereocenters. The van der Waals surface area contributed by atoms with Gasteiger partial charge in [-0.15, -0.1) is 0 Å². The van der Waals surface area contributed by atoms with Crippen LogP contribution in [0, 0.1) is 0 Å². The second-order valence-corrected chi connectivity index (χ2v) is 5.95. The molecule has 0 aliphatic carbocycles. The summed E-state index contributed by atoms with van der Waals surface area (Å²) in [5, 5.41) is 9.48. The van der Waals surface area contributed by atoms with Gasteiger partial charge in [-0.05, 0) is 6.92 Å². The Morgan fingerprint density at radius 3 is 2.77 bits per heavy atom. The zero-order valence-electron chi connectivity index (χ0n) is 12.3. The van der Waals surface area contributed by atoms with Gasteiger partial charge in [0.15, 0.2) is 6.23 Å². The lowest BCUT2D eigenvalue weighted by Gasteiger charge is -2.24. The molecule has 1 aliphatic heterocycles. The number of nitrogens with zero attached hydrogens (tertiary/aromatic N) is 2. The van der Waals surface area contributed by atoms with E-state index >= 15 is 0 Å². The molecule has 1 aliphatic rings. The second-order valence-electron chi connectivity index (χ2n) is 4.77. The minimum Gasteiger partial charge on any atom is -0.394 e. The molecule has 10 heteroatoms. The third-order valence-corrected chi connectivity index (χ3v) is 4.34. The van der Waals surface area contributed by atoms with Crippen molar-refractivity contribution in [1.29, 1.82) is 0 Å². The highest BCUT2D eigenvalue weighted by Crippen LogP contribution is 2.38. The number of ether oxygens (including phenoxy) is 2. The zero-order chi connectivity index (χ0) is 16.3. The summed E-state index contributed by atoms with van der Waals surface area (Å²) in [5.41, 5.74) is -0.906. The molecule has 0 saturated carbocycles. The normalized spacial score (nSPS) is 28.7. The predicted octanol–water partition coefficient (Wildman–Crippen LogP) is -0.389. The van der Waals surface area contributed by atoms with E-state index in [0.717, 1.165) is 4.57 Å². The van der Waals surface area contributed by atoms with Crippen LogP contribution in [-0.2, 0) is 21.0 Å². The lowest BCUT2D eigenvalue weighted by atomic mass is 10.1. The average molecular weight is 350 g/mol. The van der Waals surface area contributed by atoms with Crippen LogP contribution >= 0.6 is 17.4 Å². The summed E-state index contributed by atoms with van der Waals surface area (Å²) < 4.78 is 19.3. The van der Waals surface area contributed by atoms with Crippen LogP contribution in [0.5, 0.6) is 0 Å². The Morgan fingerprint density at radius 1 is 1.45 bits per heavy atom. The van der Waals surface area contributed by atoms with Gasteiger partial charge in [-0.1, -0.05) is 8.93 Å². The number of aliphatic hydroxyl groups is 1. The summed E-state index contributed by atoms with van der Waals surface area (Å²) >= 11 is 0. The van der Waals surface area contributed by atoms with E-state index in [1.165, 1.54) is 23.9 Å². The minimum absolute atomic E-state index is 0.0869. The molecule has 1 aromatic heterocycles. The maximum atomic E-state index is 12.3. The Morgan fingerprint density at radius 2 is 2.18 bits per heavy atom. The summed E-state index contributed by atoms with van der Waals surface area (Å²) in [4.78, 5) is 23.8. The van der Waals surface area contributed by atoms with Crippen molar-refractivity contribution in [3.63, 3.8) is 0 Å². The van der Waals surface area contributed by atoms with Crippen LogP contribution in [0.15, 0.2) is 21.9 Å². The number of rotatable bonds is 6. The third kappa shape index (κ3) is 3.32. The number of aliphatic hydroxyl groups excluding tert-OH is 1. The van der Waals surface area contributed by atoms with Crippen molar-refractivity contribution in [2.75, 3.05) is 13.2 Å². The fourth-order valence-corrected chi connectivity index (χ4v) is 3.34. The maximum Gasteiger partial charge on any atom is 0.332 e. The van der Waals surface area contributed by atoms with Crippen molar-refractivity contribution in [1.82, 2.24) is 9.13 Å². The Kier molecular flexibility index (Phi) is 6.26. The first-order chi connectivity index (χ1) is 10.5. The molecule has 8 nitrogen and oxygen atoms in total. The Bertz CT molecular complexity index is 618. The first-order valence-corrected chi connectivity index (χ1v) is 9.54. The SMILES string of the molecule is CCO[C@@H]1C(OPP)[C@H](n2ccc(=O)n(C)c2=O)O[C@@H]1CO. The van der Waals surface area contributed by atoms with Crippen molar-refractivity contribution < 1.29 is 19.1 Å². The molecule has 0 bridgehead atoms. The van der Waals surface area contributed by atoms with Crippen molar-refractivity contribution in [2.45, 2.75) is 31.5 Å². The molecule has 0 spiro atoms. The van der Waals surface area contributed by atoms with E-state index in [9.17, 15) is 14.7 Å². The summed E-state index contributed by atoms with van der Waals surface area (Å²) in [5.74, 6) is 0. The molecule has 2 rings (SSSR count). The smallest absolute Gasteiger partial charge is 0.332 e. The molecule has 22 heavy (non-hydrogen) atoms. The average Bonchev–Trinajstić information content (AvgIpc) is 2.84. The quantitative estimate of drug-likeness (QED) is 0.703. The summed E-state index contributed by atoms with van der Waals surface area (Å²) in [6.45, 7) is 2.01. The highest BCUT2D eigenvalue weighted by atomic mass is 32.0. The molecular weight excluding hydrogens is 330 g/mol. The van der Waals surface area contributed by atoms with Crippen LogP contribution in [0.3, 0.4) is 0 Å². The topological polar surface area (TPSA) is 91.9 Å². The molecule has 6 atom stereocenters. The highest BCUT2D eigenvalue weighted by Gasteiger charge is 2.47. The molecule has 124 valence electrons. The fourth-order valence-electron chi connectivity index (χ4n) is 2.46. The first kappa shape index (κ1) is 17.7. The van der Waals surface area contributed by atoms with Crippen molar-refractivity contribution >= 4 is 17.4 Å². The summed E-state index contributed by atoms with van der Waals surface area (Å²) in [6.07, 6.45) is -1.03. The molecule has 1 aromatic rings. The zero-order valence-corrected chi connectivity index (χ0v) is 14.5. The Hall–Kier alpha value is -0.620. The predicted molar refractivity (Wildman–Crippen MR) is 85.3 cm³/mol. The van der Waals surface area contributed by atoms with E-state index < -0.39 is 35.8 Å². The molecule has 0 radical (unpaired) electrons. The van der Waals surface area contributed by atoms with Gasteiger partial charge in [-0.3, -0.25) is 13.9 Å². The summed E-state index contributed by atoms with van der Waals surface area (Å²) in [6, 6.07) is 1.28. The number of hydrogen-bond acceptors (Lipinski definition) is 6. The van der Waals surface area contributed by atoms with E-state index in [1.807, 2.05) is 6.92 Å². The van der Waals surface area contributed by atoms with Crippen molar-refractivity contribution in [3.05, 3.63) is 33.1 Å². The van der Waals surface area contributed by atoms with E-state index in [0.29, 0.717) is 6.61 Å². The standard InChI is InChI=1S/C12H20N2O6P2/c1-3-18-9-7(6-15)19-11(10(9)20-22-21)14-5-4-8(16)13(2)12(14)17/h4-5,7,9-11,15,22H,3,6,21H2,1-2H3/t7-,9+,10?,11-/m1/s1. The molecule has 1 fully saturated rings. The van der Waals surface area contributed by atoms with E-state index in [4.69, 9.17) is 14.0 Å². The third-order valence-electron chi connectivity index (χ3n) is 3.52. The first-order valence-electron chi connectivity index (χ1n) is 6.82. The van der Waals surface area contributed by atoms with E-state index in [-0.39, 0.29) is 15.1 Å². The van der Waals surface area contributed by atoms with Gasteiger partial charge >= 0.3 is 5.69 Å². The van der Waals surface area contributed by atoms with Crippen LogP contribution in [0.25, 0.3) is 0 Å². The molecule has 1 saturated heterocycles.